The van der Waals surface area contributed by atoms with E-state index in [4.69, 9.17) is 9.47 Å². The molecular formula is C23H29N3O4S. The van der Waals surface area contributed by atoms with Crippen LogP contribution in [0.4, 0.5) is 4.79 Å². The van der Waals surface area contributed by atoms with E-state index in [0.717, 1.165) is 22.0 Å². The third-order valence-corrected chi connectivity index (χ3v) is 5.40. The highest BCUT2D eigenvalue weighted by Crippen LogP contribution is 2.18. The van der Waals surface area contributed by atoms with E-state index in [1.54, 1.807) is 33.3 Å². The molecule has 2 heterocycles. The number of amides is 2. The number of benzene rings is 1. The van der Waals surface area contributed by atoms with Crippen molar-refractivity contribution in [3.05, 3.63) is 52.0 Å². The summed E-state index contributed by atoms with van der Waals surface area (Å²) < 4.78 is 11.2. The van der Waals surface area contributed by atoms with Crippen LogP contribution in [0.5, 0.6) is 5.75 Å². The Kier molecular flexibility index (Phi) is 7.33. The normalized spacial score (nSPS) is 14.7. The SMILES string of the molecule is Cc1nc(COc2cccc(/C=C/C(=O)N3CCN(C(=O)OC(C)(C)C)CC3)c2)cs1. The molecule has 8 heteroatoms. The second-order valence-corrected chi connectivity index (χ2v) is 9.41. The lowest BCUT2D eigenvalue weighted by molar-refractivity contribution is -0.127. The summed E-state index contributed by atoms with van der Waals surface area (Å²) in [6.07, 6.45) is 3.01. The molecule has 7 nitrogen and oxygen atoms in total. The van der Waals surface area contributed by atoms with Gasteiger partial charge in [0, 0.05) is 37.6 Å². The highest BCUT2D eigenvalue weighted by Gasteiger charge is 2.26. The number of ether oxygens (including phenoxy) is 2. The molecule has 0 aliphatic carbocycles. The Balaban J connectivity index is 1.49. The smallest absolute Gasteiger partial charge is 0.410 e. The van der Waals surface area contributed by atoms with E-state index in [9.17, 15) is 9.59 Å². The van der Waals surface area contributed by atoms with E-state index in [1.165, 1.54) is 0 Å². The summed E-state index contributed by atoms with van der Waals surface area (Å²) in [5.74, 6) is 0.652. The van der Waals surface area contributed by atoms with Crippen molar-refractivity contribution in [2.75, 3.05) is 26.2 Å². The maximum absolute atomic E-state index is 12.5. The number of carbonyl (C=O) groups excluding carboxylic acids is 2. The Hall–Kier alpha value is -2.87. The minimum absolute atomic E-state index is 0.0758. The molecule has 2 aromatic rings. The summed E-state index contributed by atoms with van der Waals surface area (Å²) in [6.45, 7) is 9.81. The Morgan fingerprint density at radius 3 is 2.52 bits per heavy atom. The molecule has 3 rings (SSSR count). The zero-order valence-electron chi connectivity index (χ0n) is 18.5. The Bertz CT molecular complexity index is 940. The molecule has 1 fully saturated rings. The van der Waals surface area contributed by atoms with E-state index in [0.29, 0.717) is 32.8 Å². The van der Waals surface area contributed by atoms with Crippen molar-refractivity contribution in [2.24, 2.45) is 0 Å². The predicted molar refractivity (Wildman–Crippen MR) is 121 cm³/mol. The fraction of sp³-hybridized carbons (Fsp3) is 0.435. The molecule has 1 aliphatic rings. The van der Waals surface area contributed by atoms with Crippen LogP contribution in [0.1, 0.15) is 37.0 Å². The average molecular weight is 444 g/mol. The van der Waals surface area contributed by atoms with E-state index < -0.39 is 5.60 Å². The van der Waals surface area contributed by atoms with Gasteiger partial charge in [0.2, 0.25) is 5.91 Å². The third kappa shape index (κ3) is 7.10. The van der Waals surface area contributed by atoms with E-state index in [1.807, 2.05) is 57.3 Å². The van der Waals surface area contributed by atoms with Gasteiger partial charge >= 0.3 is 6.09 Å². The molecule has 166 valence electrons. The monoisotopic (exact) mass is 443 g/mol. The van der Waals surface area contributed by atoms with Gasteiger partial charge in [-0.3, -0.25) is 4.79 Å². The molecule has 0 spiro atoms. The Morgan fingerprint density at radius 2 is 1.87 bits per heavy atom. The van der Waals surface area contributed by atoms with Gasteiger partial charge in [-0.25, -0.2) is 9.78 Å². The summed E-state index contributed by atoms with van der Waals surface area (Å²) in [7, 11) is 0. The van der Waals surface area contributed by atoms with E-state index in [2.05, 4.69) is 4.98 Å². The van der Waals surface area contributed by atoms with Crippen molar-refractivity contribution in [3.63, 3.8) is 0 Å². The Morgan fingerprint density at radius 1 is 1.16 bits per heavy atom. The summed E-state index contributed by atoms with van der Waals surface area (Å²) in [4.78, 5) is 32.5. The van der Waals surface area contributed by atoms with E-state index >= 15 is 0 Å². The molecule has 1 aromatic carbocycles. The molecular weight excluding hydrogens is 414 g/mol. The maximum Gasteiger partial charge on any atom is 0.410 e. The van der Waals surface area contributed by atoms with Crippen LogP contribution in [-0.2, 0) is 16.1 Å². The van der Waals surface area contributed by atoms with Gasteiger partial charge in [-0.15, -0.1) is 11.3 Å². The second-order valence-electron chi connectivity index (χ2n) is 8.35. The third-order valence-electron chi connectivity index (χ3n) is 4.57. The van der Waals surface area contributed by atoms with E-state index in [-0.39, 0.29) is 12.0 Å². The molecule has 0 radical (unpaired) electrons. The molecule has 0 N–H and O–H groups in total. The van der Waals surface area contributed by atoms with Crippen LogP contribution < -0.4 is 4.74 Å². The fourth-order valence-electron chi connectivity index (χ4n) is 3.05. The standard InChI is InChI=1S/C23H29N3O4S/c1-17-24-19(16-31-17)15-29-20-7-5-6-18(14-20)8-9-21(27)25-10-12-26(13-11-25)22(28)30-23(2,3)4/h5-9,14,16H,10-13,15H2,1-4H3/b9-8+. The van der Waals surface area contributed by atoms with Crippen molar-refractivity contribution >= 4 is 29.4 Å². The Labute approximate surface area is 187 Å². The van der Waals surface area contributed by atoms with Gasteiger partial charge in [0.25, 0.3) is 0 Å². The number of aryl methyl sites for hydroxylation is 1. The van der Waals surface area contributed by atoms with Crippen molar-refractivity contribution in [2.45, 2.75) is 39.9 Å². The maximum atomic E-state index is 12.5. The molecule has 0 atom stereocenters. The summed E-state index contributed by atoms with van der Waals surface area (Å²) in [5.41, 5.74) is 1.27. The summed E-state index contributed by atoms with van der Waals surface area (Å²) >= 11 is 1.60. The number of aromatic nitrogens is 1. The lowest BCUT2D eigenvalue weighted by atomic mass is 10.2. The first-order valence-corrected chi connectivity index (χ1v) is 11.2. The minimum atomic E-state index is -0.524. The summed E-state index contributed by atoms with van der Waals surface area (Å²) in [6, 6.07) is 7.59. The largest absolute Gasteiger partial charge is 0.487 e. The van der Waals surface area contributed by atoms with Gasteiger partial charge < -0.3 is 19.3 Å². The topological polar surface area (TPSA) is 72.0 Å². The highest BCUT2D eigenvalue weighted by molar-refractivity contribution is 7.09. The second kappa shape index (κ2) is 9.96. The zero-order chi connectivity index (χ0) is 22.4. The quantitative estimate of drug-likeness (QED) is 0.650. The number of piperazine rings is 1. The molecule has 0 unspecified atom stereocenters. The van der Waals surface area contributed by atoms with Gasteiger partial charge in [0.15, 0.2) is 0 Å². The van der Waals surface area contributed by atoms with Crippen molar-refractivity contribution < 1.29 is 19.1 Å². The van der Waals surface area contributed by atoms with Gasteiger partial charge in [-0.2, -0.15) is 0 Å². The predicted octanol–water partition coefficient (Wildman–Crippen LogP) is 4.12. The number of hydrogen-bond donors (Lipinski definition) is 0. The lowest BCUT2D eigenvalue weighted by Crippen LogP contribution is -2.51. The fourth-order valence-corrected chi connectivity index (χ4v) is 3.65. The van der Waals surface area contributed by atoms with Crippen molar-refractivity contribution in [3.8, 4) is 5.75 Å². The van der Waals surface area contributed by atoms with Crippen molar-refractivity contribution in [1.82, 2.24) is 14.8 Å². The molecule has 1 aromatic heterocycles. The van der Waals surface area contributed by atoms with Crippen LogP contribution in [0.3, 0.4) is 0 Å². The first-order chi connectivity index (χ1) is 14.7. The van der Waals surface area contributed by atoms with Crippen LogP contribution in [0.15, 0.2) is 35.7 Å². The molecule has 2 amide bonds. The van der Waals surface area contributed by atoms with Crippen LogP contribution >= 0.6 is 11.3 Å². The van der Waals surface area contributed by atoms with Crippen LogP contribution in [-0.4, -0.2) is 58.6 Å². The zero-order valence-corrected chi connectivity index (χ0v) is 19.3. The van der Waals surface area contributed by atoms with Crippen LogP contribution in [0, 0.1) is 6.92 Å². The average Bonchev–Trinajstić information content (AvgIpc) is 3.15. The molecule has 1 aliphatic heterocycles. The van der Waals surface area contributed by atoms with Gasteiger partial charge in [-0.05, 0) is 51.5 Å². The minimum Gasteiger partial charge on any atom is -0.487 e. The van der Waals surface area contributed by atoms with Gasteiger partial charge in [0.05, 0.1) is 10.7 Å². The number of rotatable bonds is 5. The van der Waals surface area contributed by atoms with Gasteiger partial charge in [-0.1, -0.05) is 12.1 Å². The molecule has 1 saturated heterocycles. The lowest BCUT2D eigenvalue weighted by Gasteiger charge is -2.35. The number of thiazole rings is 1. The van der Waals surface area contributed by atoms with Crippen LogP contribution in [0.2, 0.25) is 0 Å². The number of nitrogens with zero attached hydrogens (tertiary/aromatic N) is 3. The molecule has 31 heavy (non-hydrogen) atoms. The summed E-state index contributed by atoms with van der Waals surface area (Å²) in [5, 5.41) is 3.00. The first kappa shape index (κ1) is 22.8. The molecule has 0 saturated carbocycles. The van der Waals surface area contributed by atoms with Crippen LogP contribution in [0.25, 0.3) is 6.08 Å². The van der Waals surface area contributed by atoms with Gasteiger partial charge in [0.1, 0.15) is 18.0 Å². The first-order valence-electron chi connectivity index (χ1n) is 10.3. The number of hydrogen-bond acceptors (Lipinski definition) is 6. The molecule has 0 bridgehead atoms. The number of carbonyl (C=O) groups is 2. The van der Waals surface area contributed by atoms with Crippen molar-refractivity contribution in [1.29, 1.82) is 0 Å². The highest BCUT2D eigenvalue weighted by atomic mass is 32.1.